The van der Waals surface area contributed by atoms with Crippen molar-refractivity contribution in [3.05, 3.63) is 29.8 Å². The highest BCUT2D eigenvalue weighted by molar-refractivity contribution is 5.69. The first kappa shape index (κ1) is 18.5. The zero-order valence-electron chi connectivity index (χ0n) is 13.3. The van der Waals surface area contributed by atoms with Crippen LogP contribution in [-0.2, 0) is 9.53 Å². The molecule has 3 nitrogen and oxygen atoms in total. The van der Waals surface area contributed by atoms with E-state index in [9.17, 15) is 4.79 Å². The van der Waals surface area contributed by atoms with Crippen LogP contribution in [0, 0.1) is 6.92 Å². The number of rotatable bonds is 8. The number of hydrogen-bond acceptors (Lipinski definition) is 3. The molecule has 0 aromatic heterocycles. The SMILES string of the molecule is CC.CCOC(=O)CCCCCOc1ccc(C)cc1. The molecule has 0 spiro atoms. The molecular weight excluding hydrogens is 252 g/mol. The van der Waals surface area contributed by atoms with Crippen molar-refractivity contribution in [2.24, 2.45) is 0 Å². The molecule has 0 fully saturated rings. The quantitative estimate of drug-likeness (QED) is 0.518. The van der Waals surface area contributed by atoms with Gasteiger partial charge in [0.05, 0.1) is 13.2 Å². The number of carbonyl (C=O) groups excluding carboxylic acids is 1. The van der Waals surface area contributed by atoms with Crippen molar-refractivity contribution >= 4 is 5.97 Å². The van der Waals surface area contributed by atoms with E-state index in [4.69, 9.17) is 9.47 Å². The van der Waals surface area contributed by atoms with Crippen molar-refractivity contribution in [2.45, 2.75) is 53.4 Å². The van der Waals surface area contributed by atoms with Gasteiger partial charge in [-0.2, -0.15) is 0 Å². The summed E-state index contributed by atoms with van der Waals surface area (Å²) < 4.78 is 10.5. The molecule has 0 N–H and O–H groups in total. The highest BCUT2D eigenvalue weighted by atomic mass is 16.5. The van der Waals surface area contributed by atoms with Gasteiger partial charge in [-0.1, -0.05) is 31.5 Å². The van der Waals surface area contributed by atoms with Crippen LogP contribution in [0.3, 0.4) is 0 Å². The smallest absolute Gasteiger partial charge is 0.305 e. The standard InChI is InChI=1S/C15H22O3.C2H6/c1-3-17-15(16)7-5-4-6-12-18-14-10-8-13(2)9-11-14;1-2/h8-11H,3-7,12H2,1-2H3;1-2H3. The van der Waals surface area contributed by atoms with Crippen LogP contribution < -0.4 is 4.74 Å². The lowest BCUT2D eigenvalue weighted by Gasteiger charge is -2.06. The van der Waals surface area contributed by atoms with E-state index in [0.29, 0.717) is 19.6 Å². The summed E-state index contributed by atoms with van der Waals surface area (Å²) in [5, 5.41) is 0. The van der Waals surface area contributed by atoms with E-state index >= 15 is 0 Å². The van der Waals surface area contributed by atoms with E-state index in [1.54, 1.807) is 0 Å². The van der Waals surface area contributed by atoms with Crippen molar-refractivity contribution in [1.29, 1.82) is 0 Å². The van der Waals surface area contributed by atoms with E-state index in [-0.39, 0.29) is 5.97 Å². The summed E-state index contributed by atoms with van der Waals surface area (Å²) in [6.07, 6.45) is 3.34. The van der Waals surface area contributed by atoms with Crippen LogP contribution in [0.2, 0.25) is 0 Å². The van der Waals surface area contributed by atoms with Crippen LogP contribution in [0.25, 0.3) is 0 Å². The highest BCUT2D eigenvalue weighted by Crippen LogP contribution is 2.12. The Labute approximate surface area is 123 Å². The molecular formula is C17H28O3. The van der Waals surface area contributed by atoms with Crippen LogP contribution in [-0.4, -0.2) is 19.2 Å². The molecule has 0 bridgehead atoms. The van der Waals surface area contributed by atoms with Crippen LogP contribution in [0.4, 0.5) is 0 Å². The monoisotopic (exact) mass is 280 g/mol. The molecule has 0 saturated carbocycles. The van der Waals surface area contributed by atoms with E-state index < -0.39 is 0 Å². The second-order valence-electron chi connectivity index (χ2n) is 4.28. The second kappa shape index (κ2) is 12.5. The van der Waals surface area contributed by atoms with E-state index in [1.165, 1.54) is 5.56 Å². The minimum atomic E-state index is -0.100. The normalized spacial score (nSPS) is 9.40. The minimum Gasteiger partial charge on any atom is -0.494 e. The molecule has 1 aromatic rings. The molecule has 1 aromatic carbocycles. The summed E-state index contributed by atoms with van der Waals surface area (Å²) in [4.78, 5) is 11.1. The van der Waals surface area contributed by atoms with Crippen LogP contribution >= 0.6 is 0 Å². The third-order valence-electron chi connectivity index (χ3n) is 2.62. The van der Waals surface area contributed by atoms with Crippen molar-refractivity contribution in [3.63, 3.8) is 0 Å². The summed E-state index contributed by atoms with van der Waals surface area (Å²) in [7, 11) is 0. The molecule has 1 rings (SSSR count). The first-order valence-corrected chi connectivity index (χ1v) is 7.57. The zero-order valence-corrected chi connectivity index (χ0v) is 13.3. The lowest BCUT2D eigenvalue weighted by atomic mass is 10.2. The number of hydrogen-bond donors (Lipinski definition) is 0. The Morgan fingerprint density at radius 2 is 1.70 bits per heavy atom. The average Bonchev–Trinajstić information content (AvgIpc) is 2.47. The van der Waals surface area contributed by atoms with Crippen LogP contribution in [0.15, 0.2) is 24.3 Å². The minimum absolute atomic E-state index is 0.100. The van der Waals surface area contributed by atoms with Crippen molar-refractivity contribution in [3.8, 4) is 5.75 Å². The van der Waals surface area contributed by atoms with Gasteiger partial charge < -0.3 is 9.47 Å². The van der Waals surface area contributed by atoms with E-state index in [0.717, 1.165) is 25.0 Å². The van der Waals surface area contributed by atoms with Crippen LogP contribution in [0.1, 0.15) is 52.0 Å². The van der Waals surface area contributed by atoms with Gasteiger partial charge in [-0.15, -0.1) is 0 Å². The number of aryl methyl sites for hydroxylation is 1. The largest absolute Gasteiger partial charge is 0.494 e. The zero-order chi connectivity index (χ0) is 15.2. The van der Waals surface area contributed by atoms with Gasteiger partial charge in [-0.3, -0.25) is 4.79 Å². The van der Waals surface area contributed by atoms with Crippen molar-refractivity contribution in [1.82, 2.24) is 0 Å². The molecule has 0 aliphatic rings. The summed E-state index contributed by atoms with van der Waals surface area (Å²) in [5.74, 6) is 0.808. The third kappa shape index (κ3) is 9.42. The number of carbonyl (C=O) groups is 1. The number of benzene rings is 1. The Kier molecular flexibility index (Phi) is 11.6. The van der Waals surface area contributed by atoms with Crippen molar-refractivity contribution < 1.29 is 14.3 Å². The number of esters is 1. The third-order valence-corrected chi connectivity index (χ3v) is 2.62. The molecule has 20 heavy (non-hydrogen) atoms. The highest BCUT2D eigenvalue weighted by Gasteiger charge is 2.00. The summed E-state index contributed by atoms with van der Waals surface area (Å²) in [6, 6.07) is 8.04. The Morgan fingerprint density at radius 1 is 1.05 bits per heavy atom. The Morgan fingerprint density at radius 3 is 2.30 bits per heavy atom. The first-order valence-electron chi connectivity index (χ1n) is 7.57. The lowest BCUT2D eigenvalue weighted by molar-refractivity contribution is -0.143. The van der Waals surface area contributed by atoms with Gasteiger partial charge in [-0.25, -0.2) is 0 Å². The van der Waals surface area contributed by atoms with Gasteiger partial charge in [0.1, 0.15) is 5.75 Å². The number of unbranched alkanes of at least 4 members (excludes halogenated alkanes) is 2. The Bertz CT molecular complexity index is 344. The molecule has 0 amide bonds. The van der Waals surface area contributed by atoms with Gasteiger partial charge in [0.15, 0.2) is 0 Å². The summed E-state index contributed by atoms with van der Waals surface area (Å²) in [5.41, 5.74) is 1.23. The second-order valence-corrected chi connectivity index (χ2v) is 4.28. The maximum atomic E-state index is 11.1. The Balaban J connectivity index is 0.00000172. The number of ether oxygens (including phenoxy) is 2. The molecule has 0 aliphatic carbocycles. The fourth-order valence-electron chi connectivity index (χ4n) is 1.61. The maximum Gasteiger partial charge on any atom is 0.305 e. The van der Waals surface area contributed by atoms with Gasteiger partial charge in [-0.05, 0) is 45.2 Å². The first-order chi connectivity index (χ1) is 9.72. The predicted molar refractivity (Wildman–Crippen MR) is 83.1 cm³/mol. The molecule has 0 radical (unpaired) electrons. The van der Waals surface area contributed by atoms with Gasteiger partial charge >= 0.3 is 5.97 Å². The maximum absolute atomic E-state index is 11.1. The molecule has 114 valence electrons. The lowest BCUT2D eigenvalue weighted by Crippen LogP contribution is -2.04. The molecule has 0 atom stereocenters. The molecule has 0 unspecified atom stereocenters. The van der Waals surface area contributed by atoms with Gasteiger partial charge in [0.25, 0.3) is 0 Å². The summed E-state index contributed by atoms with van der Waals surface area (Å²) >= 11 is 0. The van der Waals surface area contributed by atoms with Gasteiger partial charge in [0, 0.05) is 6.42 Å². The molecule has 3 heteroatoms. The molecule has 0 saturated heterocycles. The average molecular weight is 280 g/mol. The van der Waals surface area contributed by atoms with Gasteiger partial charge in [0.2, 0.25) is 0 Å². The van der Waals surface area contributed by atoms with Crippen LogP contribution in [0.5, 0.6) is 5.75 Å². The predicted octanol–water partition coefficient (Wildman–Crippen LogP) is 4.52. The molecule has 0 heterocycles. The fourth-order valence-corrected chi connectivity index (χ4v) is 1.61. The van der Waals surface area contributed by atoms with Crippen molar-refractivity contribution in [2.75, 3.05) is 13.2 Å². The summed E-state index contributed by atoms with van der Waals surface area (Å²) in [6.45, 7) is 9.05. The van der Waals surface area contributed by atoms with E-state index in [1.807, 2.05) is 45.0 Å². The molecule has 0 aliphatic heterocycles. The fraction of sp³-hybridized carbons (Fsp3) is 0.588. The van der Waals surface area contributed by atoms with E-state index in [2.05, 4.69) is 6.92 Å². The topological polar surface area (TPSA) is 35.5 Å². The Hall–Kier alpha value is -1.51.